The molecule has 0 bridgehead atoms. The Morgan fingerprint density at radius 2 is 1.86 bits per heavy atom. The maximum atomic E-state index is 13.7. The van der Waals surface area contributed by atoms with Crippen molar-refractivity contribution in [3.63, 3.8) is 0 Å². The summed E-state index contributed by atoms with van der Waals surface area (Å²) in [5.74, 6) is 1.85. The summed E-state index contributed by atoms with van der Waals surface area (Å²) in [5, 5.41) is 7.75. The molecule has 0 aliphatic carbocycles. The number of methoxy groups -OCH3 is 1. The lowest BCUT2D eigenvalue weighted by Crippen LogP contribution is -2.19. The molecule has 9 nitrogen and oxygen atoms in total. The highest BCUT2D eigenvalue weighted by Crippen LogP contribution is 2.33. The van der Waals surface area contributed by atoms with Crippen molar-refractivity contribution >= 4 is 40.2 Å². The minimum Gasteiger partial charge on any atom is -0.497 e. The number of pyridine rings is 1. The summed E-state index contributed by atoms with van der Waals surface area (Å²) in [6, 6.07) is 19.7. The van der Waals surface area contributed by atoms with Gasteiger partial charge < -0.3 is 26.4 Å². The van der Waals surface area contributed by atoms with Crippen LogP contribution in [-0.2, 0) is 6.54 Å². The average Bonchev–Trinajstić information content (AvgIpc) is 3.26. The molecule has 5 rings (SSSR count). The molecule has 0 aliphatic heterocycles. The number of nitrogens with one attached hydrogen (secondary N) is 1. The van der Waals surface area contributed by atoms with E-state index in [0.717, 1.165) is 22.8 Å². The topological polar surface area (TPSA) is 120 Å². The van der Waals surface area contributed by atoms with Gasteiger partial charge in [-0.2, -0.15) is 4.52 Å². The van der Waals surface area contributed by atoms with Crippen LogP contribution in [0.25, 0.3) is 5.65 Å². The second kappa shape index (κ2) is 9.18. The Hall–Kier alpha value is -4.86. The van der Waals surface area contributed by atoms with Gasteiger partial charge in [0, 0.05) is 24.5 Å². The average molecular weight is 471 g/mol. The fourth-order valence-electron chi connectivity index (χ4n) is 3.71. The van der Waals surface area contributed by atoms with Crippen LogP contribution in [0.1, 0.15) is 5.56 Å². The smallest absolute Gasteiger partial charge is 0.180 e. The lowest BCUT2D eigenvalue weighted by atomic mass is 10.2. The molecule has 0 amide bonds. The van der Waals surface area contributed by atoms with E-state index in [-0.39, 0.29) is 5.69 Å². The highest BCUT2D eigenvalue weighted by molar-refractivity contribution is 5.79. The second-order valence-corrected chi connectivity index (χ2v) is 7.82. The summed E-state index contributed by atoms with van der Waals surface area (Å²) in [6.07, 6.45) is 3.28. The monoisotopic (exact) mass is 470 g/mol. The second-order valence-electron chi connectivity index (χ2n) is 7.82. The van der Waals surface area contributed by atoms with Crippen LogP contribution in [0.2, 0.25) is 0 Å². The SMILES string of the molecule is COc1ccc(CN(c2ccccn2)c2cc(Nc3ccc(F)c(N)c3)nn3c(N)cnc23)cc1. The number of hydrogen-bond acceptors (Lipinski definition) is 8. The highest BCUT2D eigenvalue weighted by Gasteiger charge is 2.19. The van der Waals surface area contributed by atoms with Crippen molar-refractivity contribution in [1.29, 1.82) is 0 Å². The number of aromatic nitrogens is 4. The Labute approximate surface area is 200 Å². The quantitative estimate of drug-likeness (QED) is 0.297. The summed E-state index contributed by atoms with van der Waals surface area (Å²) in [7, 11) is 1.63. The lowest BCUT2D eigenvalue weighted by molar-refractivity contribution is 0.414. The number of halogens is 1. The van der Waals surface area contributed by atoms with Gasteiger partial charge >= 0.3 is 0 Å². The van der Waals surface area contributed by atoms with E-state index in [4.69, 9.17) is 16.2 Å². The summed E-state index contributed by atoms with van der Waals surface area (Å²) in [6.45, 7) is 0.496. The zero-order chi connectivity index (χ0) is 24.4. The molecule has 176 valence electrons. The van der Waals surface area contributed by atoms with Gasteiger partial charge in [0.15, 0.2) is 11.5 Å². The summed E-state index contributed by atoms with van der Waals surface area (Å²) in [4.78, 5) is 11.1. The van der Waals surface area contributed by atoms with Crippen LogP contribution in [0.4, 0.5) is 38.9 Å². The number of nitrogens with zero attached hydrogens (tertiary/aromatic N) is 5. The number of anilines is 6. The van der Waals surface area contributed by atoms with E-state index < -0.39 is 5.82 Å². The molecule has 2 aromatic carbocycles. The van der Waals surface area contributed by atoms with Gasteiger partial charge in [0.25, 0.3) is 0 Å². The number of nitrogens with two attached hydrogens (primary N) is 2. The molecule has 35 heavy (non-hydrogen) atoms. The van der Waals surface area contributed by atoms with Crippen LogP contribution in [0.3, 0.4) is 0 Å². The van der Waals surface area contributed by atoms with Crippen molar-refractivity contribution in [2.45, 2.75) is 6.54 Å². The standard InChI is InChI=1S/C25H23FN8O/c1-35-18-8-5-16(6-9-18)15-33(24-4-2-3-11-29-24)21-13-23(32-34-22(28)14-30-25(21)34)31-17-7-10-19(26)20(27)12-17/h2-14H,15,27-28H2,1H3,(H,31,32). The molecule has 0 aliphatic rings. The van der Waals surface area contributed by atoms with Crippen LogP contribution in [0, 0.1) is 5.82 Å². The number of benzene rings is 2. The van der Waals surface area contributed by atoms with Gasteiger partial charge in [-0.3, -0.25) is 0 Å². The van der Waals surface area contributed by atoms with Gasteiger partial charge in [-0.05, 0) is 48.0 Å². The number of nitrogen functional groups attached to an aromatic ring is 2. The molecule has 0 saturated carbocycles. The third kappa shape index (κ3) is 4.49. The zero-order valence-corrected chi connectivity index (χ0v) is 18.9. The number of hydrogen-bond donors (Lipinski definition) is 3. The Morgan fingerprint density at radius 3 is 2.57 bits per heavy atom. The number of imidazole rings is 1. The van der Waals surface area contributed by atoms with Crippen LogP contribution in [0.15, 0.2) is 79.1 Å². The molecule has 0 radical (unpaired) electrons. The van der Waals surface area contributed by atoms with E-state index in [2.05, 4.69) is 20.4 Å². The maximum absolute atomic E-state index is 13.7. The molecule has 0 fully saturated rings. The van der Waals surface area contributed by atoms with Crippen LogP contribution in [-0.4, -0.2) is 26.7 Å². The first-order chi connectivity index (χ1) is 17.0. The van der Waals surface area contributed by atoms with E-state index in [0.29, 0.717) is 29.5 Å². The van der Waals surface area contributed by atoms with Gasteiger partial charge in [-0.1, -0.05) is 18.2 Å². The molecule has 0 spiro atoms. The summed E-state index contributed by atoms with van der Waals surface area (Å²) >= 11 is 0. The molecule has 0 atom stereocenters. The van der Waals surface area contributed by atoms with Gasteiger partial charge in [0.2, 0.25) is 0 Å². The summed E-state index contributed by atoms with van der Waals surface area (Å²) < 4.78 is 20.5. The third-order valence-corrected chi connectivity index (χ3v) is 5.46. The van der Waals surface area contributed by atoms with E-state index >= 15 is 0 Å². The van der Waals surface area contributed by atoms with Gasteiger partial charge in [0.05, 0.1) is 24.7 Å². The fraction of sp³-hybridized carbons (Fsp3) is 0.0800. The molecule has 3 heterocycles. The van der Waals surface area contributed by atoms with E-state index in [1.54, 1.807) is 30.1 Å². The molecular formula is C25H23FN8O. The van der Waals surface area contributed by atoms with Crippen LogP contribution in [0.5, 0.6) is 5.75 Å². The van der Waals surface area contributed by atoms with E-state index in [1.807, 2.05) is 53.4 Å². The Bertz CT molecular complexity index is 1470. The fourth-order valence-corrected chi connectivity index (χ4v) is 3.71. The van der Waals surface area contributed by atoms with E-state index in [9.17, 15) is 4.39 Å². The molecule has 3 aromatic heterocycles. The lowest BCUT2D eigenvalue weighted by Gasteiger charge is -2.25. The Kier molecular flexibility index (Phi) is 5.76. The normalized spacial score (nSPS) is 10.9. The van der Waals surface area contributed by atoms with Crippen LogP contribution < -0.4 is 26.4 Å². The maximum Gasteiger partial charge on any atom is 0.180 e. The van der Waals surface area contributed by atoms with Crippen molar-refractivity contribution in [3.05, 3.63) is 90.5 Å². The predicted molar refractivity (Wildman–Crippen MR) is 135 cm³/mol. The largest absolute Gasteiger partial charge is 0.497 e. The van der Waals surface area contributed by atoms with Crippen LogP contribution >= 0.6 is 0 Å². The highest BCUT2D eigenvalue weighted by atomic mass is 19.1. The first-order valence-electron chi connectivity index (χ1n) is 10.8. The number of fused-ring (bicyclic) bond motifs is 1. The minimum absolute atomic E-state index is 0.0352. The minimum atomic E-state index is -0.487. The molecule has 5 N–H and O–H groups in total. The van der Waals surface area contributed by atoms with E-state index in [1.165, 1.54) is 12.1 Å². The number of ether oxygens (including phenoxy) is 1. The van der Waals surface area contributed by atoms with Crippen molar-refractivity contribution in [1.82, 2.24) is 19.6 Å². The molecule has 10 heteroatoms. The summed E-state index contributed by atoms with van der Waals surface area (Å²) in [5.41, 5.74) is 14.8. The zero-order valence-electron chi connectivity index (χ0n) is 18.9. The molecule has 0 saturated heterocycles. The first kappa shape index (κ1) is 22.0. The Balaban J connectivity index is 1.61. The third-order valence-electron chi connectivity index (χ3n) is 5.46. The number of rotatable bonds is 7. The van der Waals surface area contributed by atoms with Crippen molar-refractivity contribution in [3.8, 4) is 5.75 Å². The van der Waals surface area contributed by atoms with Gasteiger partial charge in [-0.25, -0.2) is 14.4 Å². The van der Waals surface area contributed by atoms with Gasteiger partial charge in [-0.15, -0.1) is 5.10 Å². The predicted octanol–water partition coefficient (Wildman–Crippen LogP) is 4.52. The Morgan fingerprint density at radius 1 is 1.03 bits per heavy atom. The van der Waals surface area contributed by atoms with Crippen molar-refractivity contribution in [2.75, 3.05) is 28.8 Å². The first-order valence-corrected chi connectivity index (χ1v) is 10.8. The van der Waals surface area contributed by atoms with Crippen molar-refractivity contribution < 1.29 is 9.13 Å². The molecule has 0 unspecified atom stereocenters. The molecule has 5 aromatic rings. The van der Waals surface area contributed by atoms with Gasteiger partial charge in [0.1, 0.15) is 23.2 Å². The van der Waals surface area contributed by atoms with Crippen molar-refractivity contribution in [2.24, 2.45) is 0 Å². The molecular weight excluding hydrogens is 447 g/mol.